The summed E-state index contributed by atoms with van der Waals surface area (Å²) in [7, 11) is 0. The van der Waals surface area contributed by atoms with Gasteiger partial charge < -0.3 is 30.6 Å². The van der Waals surface area contributed by atoms with Gasteiger partial charge in [0, 0.05) is 0 Å². The molecular weight excluding hydrogens is 226 g/mol. The van der Waals surface area contributed by atoms with Crippen LogP contribution in [-0.2, 0) is 9.59 Å². The van der Waals surface area contributed by atoms with Gasteiger partial charge in [0.25, 0.3) is 0 Å². The number of rotatable bonds is 6. The fraction of sp³-hybridized carbons (Fsp3) is 0.714. The minimum absolute atomic E-state index is 0.347. The second-order valence-electron chi connectivity index (χ2n) is 3.28. The van der Waals surface area contributed by atoms with E-state index < -0.39 is 36.1 Å². The van der Waals surface area contributed by atoms with Crippen LogP contribution in [0.25, 0.3) is 0 Å². The molecule has 0 saturated heterocycles. The Labute approximate surface area is 89.4 Å². The Morgan fingerprint density at radius 2 is 1.75 bits per heavy atom. The van der Waals surface area contributed by atoms with Crippen molar-refractivity contribution in [3.05, 3.63) is 0 Å². The number of nitrogens with two attached hydrogens (primary N) is 1. The number of carbonyl (C=O) groups excluding carboxylic acids is 1. The topological polar surface area (TPSA) is 182 Å². The zero-order valence-corrected chi connectivity index (χ0v) is 8.02. The number of aldehydes is 1. The molecule has 0 unspecified atom stereocenters. The average Bonchev–Trinajstić information content (AvgIpc) is 2.25. The van der Waals surface area contributed by atoms with Gasteiger partial charge >= 0.3 is 5.97 Å². The highest BCUT2D eigenvalue weighted by Crippen LogP contribution is 2.18. The van der Waals surface area contributed by atoms with Gasteiger partial charge in [-0.3, -0.25) is 10.5 Å². The summed E-state index contributed by atoms with van der Waals surface area (Å²) in [4.78, 5) is 20.7. The molecule has 0 spiro atoms. The maximum Gasteiger partial charge on any atom is 0.341 e. The predicted octanol–water partition coefficient (Wildman–Crippen LogP) is -4.64. The molecule has 0 bridgehead atoms. The van der Waals surface area contributed by atoms with Gasteiger partial charge in [-0.1, -0.05) is 0 Å². The van der Waals surface area contributed by atoms with Crippen LogP contribution in [-0.4, -0.2) is 73.0 Å². The second kappa shape index (κ2) is 4.82. The average molecular weight is 239 g/mol. The number of aliphatic hydroxyl groups is 5. The second-order valence-corrected chi connectivity index (χ2v) is 3.28. The maximum atomic E-state index is 10.5. The number of carboxylic acids is 1. The summed E-state index contributed by atoms with van der Waals surface area (Å²) in [5.74, 6) is -2.05. The van der Waals surface area contributed by atoms with Crippen LogP contribution in [0.1, 0.15) is 0 Å². The van der Waals surface area contributed by atoms with E-state index in [2.05, 4.69) is 0 Å². The molecule has 8 N–H and O–H groups in total. The van der Waals surface area contributed by atoms with Gasteiger partial charge in [-0.25, -0.2) is 4.79 Å². The number of aliphatic carboxylic acids is 1. The Kier molecular flexibility index (Phi) is 4.49. The number of aliphatic hydroxyl groups excluding tert-OH is 3. The molecule has 0 aliphatic carbocycles. The highest BCUT2D eigenvalue weighted by atomic mass is 16.4. The fourth-order valence-electron chi connectivity index (χ4n) is 0.871. The van der Waals surface area contributed by atoms with Crippen LogP contribution in [0.15, 0.2) is 0 Å². The summed E-state index contributed by atoms with van der Waals surface area (Å²) < 4.78 is 0. The van der Waals surface area contributed by atoms with E-state index in [-0.39, 0.29) is 6.29 Å². The van der Waals surface area contributed by atoms with Crippen LogP contribution >= 0.6 is 0 Å². The van der Waals surface area contributed by atoms with Crippen molar-refractivity contribution in [2.75, 3.05) is 6.61 Å². The van der Waals surface area contributed by atoms with Crippen molar-refractivity contribution < 1.29 is 40.2 Å². The summed E-state index contributed by atoms with van der Waals surface area (Å²) in [5.41, 5.74) is -1.29. The quantitative estimate of drug-likeness (QED) is 0.177. The molecule has 0 aliphatic heterocycles. The fourth-order valence-corrected chi connectivity index (χ4v) is 0.871. The van der Waals surface area contributed by atoms with Gasteiger partial charge in [-0.15, -0.1) is 0 Å². The summed E-state index contributed by atoms with van der Waals surface area (Å²) in [6.45, 7) is -1.45. The number of hydrogen-bond donors (Lipinski definition) is 7. The normalized spacial score (nSPS) is 22.6. The Morgan fingerprint density at radius 1 is 1.31 bits per heavy atom. The third-order valence-electron chi connectivity index (χ3n) is 2.06. The van der Waals surface area contributed by atoms with Gasteiger partial charge in [-0.05, 0) is 0 Å². The van der Waals surface area contributed by atoms with Crippen LogP contribution in [0, 0.1) is 0 Å². The number of hydrogen-bond acceptors (Lipinski definition) is 8. The van der Waals surface area contributed by atoms with Crippen LogP contribution < -0.4 is 5.73 Å². The predicted molar refractivity (Wildman–Crippen MR) is 46.9 cm³/mol. The van der Waals surface area contributed by atoms with Gasteiger partial charge in [-0.2, -0.15) is 0 Å². The Hall–Kier alpha value is -1.10. The minimum Gasteiger partial charge on any atom is -0.479 e. The molecule has 0 radical (unpaired) electrons. The molecule has 9 heteroatoms. The summed E-state index contributed by atoms with van der Waals surface area (Å²) >= 11 is 0. The lowest BCUT2D eigenvalue weighted by Gasteiger charge is -2.34. The van der Waals surface area contributed by atoms with Gasteiger partial charge in [0.2, 0.25) is 5.60 Å². The van der Waals surface area contributed by atoms with E-state index in [9.17, 15) is 24.9 Å². The maximum absolute atomic E-state index is 10.5. The van der Waals surface area contributed by atoms with Gasteiger partial charge in [0.05, 0.1) is 6.61 Å². The van der Waals surface area contributed by atoms with Crippen molar-refractivity contribution in [3.63, 3.8) is 0 Å². The van der Waals surface area contributed by atoms with E-state index in [1.165, 1.54) is 0 Å². The summed E-state index contributed by atoms with van der Waals surface area (Å²) in [5, 5.41) is 53.8. The van der Waals surface area contributed by atoms with Crippen LogP contribution in [0.3, 0.4) is 0 Å². The summed E-state index contributed by atoms with van der Waals surface area (Å²) in [6.07, 6.45) is -5.39. The molecule has 9 nitrogen and oxygen atoms in total. The van der Waals surface area contributed by atoms with E-state index >= 15 is 0 Å². The molecule has 0 aliphatic rings. The first kappa shape index (κ1) is 14.9. The highest BCUT2D eigenvalue weighted by molar-refractivity contribution is 5.78. The van der Waals surface area contributed by atoms with Crippen molar-refractivity contribution in [2.24, 2.45) is 5.73 Å². The third-order valence-corrected chi connectivity index (χ3v) is 2.06. The molecule has 0 rings (SSSR count). The standard InChI is InChI=1S/C7H13NO8/c8-7(16,2-10)4(12)3(11)6(15,1-9)5(13)14/h2-4,9,11-12,15-16H,1,8H2,(H,13,14)/t3-,4-,6+,7-/m0/s1. The Morgan fingerprint density at radius 3 is 2.00 bits per heavy atom. The van der Waals surface area contributed by atoms with E-state index in [0.717, 1.165) is 0 Å². The van der Waals surface area contributed by atoms with E-state index in [0.29, 0.717) is 0 Å². The lowest BCUT2D eigenvalue weighted by molar-refractivity contribution is -0.206. The Bertz CT molecular complexity index is 280. The molecule has 0 saturated carbocycles. The number of carboxylic acid groups (broad SMARTS) is 1. The molecular formula is C7H13NO8. The highest BCUT2D eigenvalue weighted by Gasteiger charge is 2.51. The molecule has 0 fully saturated rings. The zero-order valence-electron chi connectivity index (χ0n) is 8.02. The molecule has 0 aromatic carbocycles. The minimum atomic E-state index is -3.14. The van der Waals surface area contributed by atoms with Gasteiger partial charge in [0.1, 0.15) is 12.2 Å². The van der Waals surface area contributed by atoms with Crippen molar-refractivity contribution in [2.45, 2.75) is 23.5 Å². The van der Waals surface area contributed by atoms with Crippen molar-refractivity contribution in [1.82, 2.24) is 0 Å². The molecule has 16 heavy (non-hydrogen) atoms. The molecule has 0 aromatic rings. The van der Waals surface area contributed by atoms with E-state index in [1.54, 1.807) is 0 Å². The molecule has 0 amide bonds. The molecule has 4 atom stereocenters. The summed E-state index contributed by atoms with van der Waals surface area (Å²) in [6, 6.07) is 0. The molecule has 94 valence electrons. The monoisotopic (exact) mass is 239 g/mol. The van der Waals surface area contributed by atoms with Crippen LogP contribution in [0.2, 0.25) is 0 Å². The SMILES string of the molecule is N[C@](O)(C=O)[C@@H](O)[C@H](O)[C@](O)(CO)C(=O)O. The van der Waals surface area contributed by atoms with Crippen LogP contribution in [0.5, 0.6) is 0 Å². The zero-order chi connectivity index (χ0) is 13.1. The third kappa shape index (κ3) is 2.52. The van der Waals surface area contributed by atoms with E-state index in [4.69, 9.17) is 21.1 Å². The first-order valence-electron chi connectivity index (χ1n) is 4.03. The van der Waals surface area contributed by atoms with Crippen molar-refractivity contribution >= 4 is 12.3 Å². The molecule has 0 heterocycles. The first-order valence-corrected chi connectivity index (χ1v) is 4.03. The van der Waals surface area contributed by atoms with Crippen molar-refractivity contribution in [1.29, 1.82) is 0 Å². The largest absolute Gasteiger partial charge is 0.479 e. The Balaban J connectivity index is 5.11. The van der Waals surface area contributed by atoms with E-state index in [1.807, 2.05) is 0 Å². The van der Waals surface area contributed by atoms with Gasteiger partial charge in [0.15, 0.2) is 12.0 Å². The lowest BCUT2D eigenvalue weighted by Crippen LogP contribution is -2.66. The number of carbonyl (C=O) groups is 2. The molecule has 0 aromatic heterocycles. The van der Waals surface area contributed by atoms with Crippen LogP contribution in [0.4, 0.5) is 0 Å². The smallest absolute Gasteiger partial charge is 0.341 e. The lowest BCUT2D eigenvalue weighted by atomic mass is 9.89. The van der Waals surface area contributed by atoms with Crippen molar-refractivity contribution in [3.8, 4) is 0 Å². The first-order chi connectivity index (χ1) is 7.13.